The Hall–Kier alpha value is -1.75. The van der Waals surface area contributed by atoms with Gasteiger partial charge in [-0.1, -0.05) is 12.1 Å². The van der Waals surface area contributed by atoms with E-state index in [4.69, 9.17) is 9.47 Å². The predicted octanol–water partition coefficient (Wildman–Crippen LogP) is 2.92. The van der Waals surface area contributed by atoms with Crippen LogP contribution in [0.1, 0.15) is 32.8 Å². The highest BCUT2D eigenvalue weighted by Crippen LogP contribution is 2.13. The van der Waals surface area contributed by atoms with E-state index in [0.717, 1.165) is 49.9 Å². The van der Waals surface area contributed by atoms with Crippen LogP contribution in [0.15, 0.2) is 29.3 Å². The van der Waals surface area contributed by atoms with E-state index in [0.29, 0.717) is 19.6 Å². The van der Waals surface area contributed by atoms with Gasteiger partial charge >= 0.3 is 6.09 Å². The van der Waals surface area contributed by atoms with Crippen molar-refractivity contribution in [1.29, 1.82) is 0 Å². The molecule has 8 nitrogen and oxygen atoms in total. The molecule has 9 heteroatoms. The van der Waals surface area contributed by atoms with Crippen molar-refractivity contribution in [1.82, 2.24) is 20.4 Å². The number of ether oxygens (including phenoxy) is 2. The molecule has 0 spiro atoms. The molecule has 1 aromatic carbocycles. The van der Waals surface area contributed by atoms with Crippen LogP contribution in [-0.2, 0) is 11.3 Å². The first-order chi connectivity index (χ1) is 14.3. The SMILES string of the molecule is CN=C(NCCCN1CCN(C(=O)OC(C)(C)C)CC1)NCc1cccc(OC)c1.I. The normalized spacial score (nSPS) is 15.1. The molecule has 0 aromatic heterocycles. The first kappa shape index (κ1) is 27.3. The molecule has 1 aliphatic rings. The number of carbonyl (C=O) groups is 1. The van der Waals surface area contributed by atoms with Gasteiger partial charge in [-0.25, -0.2) is 4.79 Å². The molecule has 1 saturated heterocycles. The van der Waals surface area contributed by atoms with Crippen molar-refractivity contribution < 1.29 is 14.3 Å². The molecule has 0 saturated carbocycles. The maximum absolute atomic E-state index is 12.1. The van der Waals surface area contributed by atoms with Crippen molar-refractivity contribution in [2.24, 2.45) is 4.99 Å². The number of piperazine rings is 1. The zero-order valence-corrected chi connectivity index (χ0v) is 21.8. The summed E-state index contributed by atoms with van der Waals surface area (Å²) in [6.07, 6.45) is 0.793. The third-order valence-corrected chi connectivity index (χ3v) is 4.79. The highest BCUT2D eigenvalue weighted by molar-refractivity contribution is 14.0. The number of aliphatic imine (C=N–C) groups is 1. The fraction of sp³-hybridized carbons (Fsp3) is 0.636. The van der Waals surface area contributed by atoms with Gasteiger partial charge in [0.15, 0.2) is 5.96 Å². The van der Waals surface area contributed by atoms with Crippen molar-refractivity contribution >= 4 is 36.0 Å². The lowest BCUT2D eigenvalue weighted by molar-refractivity contribution is 0.0145. The van der Waals surface area contributed by atoms with E-state index in [9.17, 15) is 4.79 Å². The Labute approximate surface area is 203 Å². The highest BCUT2D eigenvalue weighted by atomic mass is 127. The second-order valence-corrected chi connectivity index (χ2v) is 8.37. The van der Waals surface area contributed by atoms with E-state index < -0.39 is 5.60 Å². The molecule has 2 N–H and O–H groups in total. The number of nitrogens with zero attached hydrogens (tertiary/aromatic N) is 3. The smallest absolute Gasteiger partial charge is 0.410 e. The highest BCUT2D eigenvalue weighted by Gasteiger charge is 2.25. The van der Waals surface area contributed by atoms with Crippen molar-refractivity contribution in [3.8, 4) is 5.75 Å². The van der Waals surface area contributed by atoms with Crippen LogP contribution < -0.4 is 15.4 Å². The lowest BCUT2D eigenvalue weighted by Crippen LogP contribution is -2.50. The summed E-state index contributed by atoms with van der Waals surface area (Å²) in [4.78, 5) is 20.6. The van der Waals surface area contributed by atoms with Crippen molar-refractivity contribution in [3.05, 3.63) is 29.8 Å². The molecule has 0 aliphatic carbocycles. The van der Waals surface area contributed by atoms with Crippen LogP contribution in [0.5, 0.6) is 5.75 Å². The van der Waals surface area contributed by atoms with Gasteiger partial charge in [0.05, 0.1) is 7.11 Å². The minimum absolute atomic E-state index is 0. The van der Waals surface area contributed by atoms with Crippen LogP contribution >= 0.6 is 24.0 Å². The number of amides is 1. The monoisotopic (exact) mass is 547 g/mol. The fourth-order valence-electron chi connectivity index (χ4n) is 3.18. The van der Waals surface area contributed by atoms with Gasteiger partial charge in [-0.15, -0.1) is 24.0 Å². The largest absolute Gasteiger partial charge is 0.497 e. The first-order valence-corrected chi connectivity index (χ1v) is 10.6. The van der Waals surface area contributed by atoms with Crippen LogP contribution in [0.4, 0.5) is 4.79 Å². The zero-order chi connectivity index (χ0) is 22.0. The van der Waals surface area contributed by atoms with Gasteiger partial charge in [0.25, 0.3) is 0 Å². The summed E-state index contributed by atoms with van der Waals surface area (Å²) < 4.78 is 10.7. The third-order valence-electron chi connectivity index (χ3n) is 4.79. The third kappa shape index (κ3) is 10.4. The topological polar surface area (TPSA) is 78.4 Å². The lowest BCUT2D eigenvalue weighted by atomic mass is 10.2. The van der Waals surface area contributed by atoms with Gasteiger partial charge in [0, 0.05) is 46.3 Å². The maximum atomic E-state index is 12.1. The standard InChI is InChI=1S/C22H37N5O3.HI/c1-22(2,3)30-21(28)27-14-12-26(13-15-27)11-7-10-24-20(23-4)25-17-18-8-6-9-19(16-18)29-5;/h6,8-9,16H,7,10-15,17H2,1-5H3,(H2,23,24,25);1H. The number of nitrogens with one attached hydrogen (secondary N) is 2. The maximum Gasteiger partial charge on any atom is 0.410 e. The minimum Gasteiger partial charge on any atom is -0.497 e. The van der Waals surface area contributed by atoms with Gasteiger partial charge in [-0.3, -0.25) is 9.89 Å². The summed E-state index contributed by atoms with van der Waals surface area (Å²) >= 11 is 0. The van der Waals surface area contributed by atoms with Crippen LogP contribution in [0.2, 0.25) is 0 Å². The molecule has 0 bridgehead atoms. The first-order valence-electron chi connectivity index (χ1n) is 10.6. The van der Waals surface area contributed by atoms with Crippen LogP contribution in [0.25, 0.3) is 0 Å². The van der Waals surface area contributed by atoms with Gasteiger partial charge in [-0.2, -0.15) is 0 Å². The Morgan fingerprint density at radius 2 is 1.87 bits per heavy atom. The van der Waals surface area contributed by atoms with E-state index in [1.165, 1.54) is 0 Å². The minimum atomic E-state index is -0.445. The number of guanidine groups is 1. The molecule has 0 unspecified atom stereocenters. The molecule has 0 atom stereocenters. The predicted molar refractivity (Wildman–Crippen MR) is 135 cm³/mol. The van der Waals surface area contributed by atoms with Crippen LogP contribution in [0, 0.1) is 0 Å². The second-order valence-electron chi connectivity index (χ2n) is 8.37. The van der Waals surface area contributed by atoms with Crippen LogP contribution in [-0.4, -0.2) is 80.9 Å². The number of halogens is 1. The summed E-state index contributed by atoms with van der Waals surface area (Å²) in [5, 5.41) is 6.68. The zero-order valence-electron chi connectivity index (χ0n) is 19.4. The Bertz CT molecular complexity index is 701. The molecule has 31 heavy (non-hydrogen) atoms. The summed E-state index contributed by atoms with van der Waals surface area (Å²) in [6.45, 7) is 11.4. The van der Waals surface area contributed by atoms with Gasteiger partial charge in [0.1, 0.15) is 11.4 Å². The summed E-state index contributed by atoms with van der Waals surface area (Å²) in [5.41, 5.74) is 0.694. The molecule has 1 aliphatic heterocycles. The summed E-state index contributed by atoms with van der Waals surface area (Å²) in [5.74, 6) is 1.64. The van der Waals surface area contributed by atoms with E-state index >= 15 is 0 Å². The van der Waals surface area contributed by atoms with E-state index in [2.05, 4.69) is 26.6 Å². The Morgan fingerprint density at radius 1 is 1.16 bits per heavy atom. The fourth-order valence-corrected chi connectivity index (χ4v) is 3.18. The van der Waals surface area contributed by atoms with Gasteiger partial charge in [0.2, 0.25) is 0 Å². The second kappa shape index (κ2) is 13.6. The quantitative estimate of drug-likeness (QED) is 0.237. The molecule has 2 rings (SSSR count). The average Bonchev–Trinajstić information content (AvgIpc) is 2.72. The van der Waals surface area contributed by atoms with Crippen molar-refractivity contribution in [2.45, 2.75) is 39.3 Å². The summed E-state index contributed by atoms with van der Waals surface area (Å²) in [7, 11) is 3.45. The number of hydrogen-bond donors (Lipinski definition) is 2. The lowest BCUT2D eigenvalue weighted by Gasteiger charge is -2.35. The summed E-state index contributed by atoms with van der Waals surface area (Å²) in [6, 6.07) is 7.98. The number of rotatable bonds is 7. The molecule has 1 aromatic rings. The molecule has 0 radical (unpaired) electrons. The number of methoxy groups -OCH3 is 1. The molecule has 1 heterocycles. The molecule has 176 valence electrons. The number of carbonyl (C=O) groups excluding carboxylic acids is 1. The van der Waals surface area contributed by atoms with Crippen molar-refractivity contribution in [2.75, 3.05) is 53.4 Å². The van der Waals surface area contributed by atoms with E-state index in [-0.39, 0.29) is 30.1 Å². The molecular weight excluding hydrogens is 509 g/mol. The van der Waals surface area contributed by atoms with E-state index in [1.807, 2.05) is 39.0 Å². The van der Waals surface area contributed by atoms with Crippen LogP contribution in [0.3, 0.4) is 0 Å². The van der Waals surface area contributed by atoms with Gasteiger partial charge < -0.3 is 25.0 Å². The average molecular weight is 547 g/mol. The van der Waals surface area contributed by atoms with Crippen molar-refractivity contribution in [3.63, 3.8) is 0 Å². The molecule has 1 amide bonds. The Balaban J connectivity index is 0.00000480. The van der Waals surface area contributed by atoms with E-state index in [1.54, 1.807) is 19.1 Å². The molecular formula is C22H38IN5O3. The Kier molecular flexibility index (Phi) is 12.0. The number of hydrogen-bond acceptors (Lipinski definition) is 5. The Morgan fingerprint density at radius 3 is 2.48 bits per heavy atom. The molecule has 1 fully saturated rings. The van der Waals surface area contributed by atoms with Gasteiger partial charge in [-0.05, 0) is 51.4 Å². The number of benzene rings is 1.